The molecule has 0 amide bonds. The zero-order valence-corrected chi connectivity index (χ0v) is 11.6. The molecule has 20 heavy (non-hydrogen) atoms. The predicted octanol–water partition coefficient (Wildman–Crippen LogP) is 1.42. The van der Waals surface area contributed by atoms with E-state index in [1.54, 1.807) is 19.1 Å². The number of ether oxygens (including phenoxy) is 1. The van der Waals surface area contributed by atoms with E-state index in [2.05, 4.69) is 4.98 Å². The lowest BCUT2D eigenvalue weighted by Gasteiger charge is -2.16. The van der Waals surface area contributed by atoms with Crippen molar-refractivity contribution in [1.29, 1.82) is 0 Å². The molecule has 2 unspecified atom stereocenters. The SMILES string of the molecule is CCOC(=O)c1ccc(N2CC(C)C(C(=O)O)C2)nc1. The minimum Gasteiger partial charge on any atom is -0.481 e. The molecular weight excluding hydrogens is 260 g/mol. The van der Waals surface area contributed by atoms with Gasteiger partial charge in [-0.2, -0.15) is 0 Å². The maximum absolute atomic E-state index is 11.5. The van der Waals surface area contributed by atoms with Gasteiger partial charge in [0.25, 0.3) is 0 Å². The van der Waals surface area contributed by atoms with Crippen molar-refractivity contribution in [3.63, 3.8) is 0 Å². The van der Waals surface area contributed by atoms with Crippen LogP contribution in [0.5, 0.6) is 0 Å². The van der Waals surface area contributed by atoms with Crippen LogP contribution in [0.3, 0.4) is 0 Å². The summed E-state index contributed by atoms with van der Waals surface area (Å²) < 4.78 is 4.89. The van der Waals surface area contributed by atoms with Crippen LogP contribution in [0.2, 0.25) is 0 Å². The van der Waals surface area contributed by atoms with Gasteiger partial charge in [0, 0.05) is 19.3 Å². The van der Waals surface area contributed by atoms with E-state index in [0.29, 0.717) is 31.1 Å². The van der Waals surface area contributed by atoms with Gasteiger partial charge in [-0.25, -0.2) is 9.78 Å². The monoisotopic (exact) mass is 278 g/mol. The second-order valence-corrected chi connectivity index (χ2v) is 4.95. The van der Waals surface area contributed by atoms with E-state index < -0.39 is 11.9 Å². The Bertz CT molecular complexity index is 500. The quantitative estimate of drug-likeness (QED) is 0.839. The summed E-state index contributed by atoms with van der Waals surface area (Å²) in [6, 6.07) is 3.38. The number of hydrogen-bond acceptors (Lipinski definition) is 5. The molecule has 0 saturated carbocycles. The Kier molecular flexibility index (Phi) is 4.22. The summed E-state index contributed by atoms with van der Waals surface area (Å²) in [7, 11) is 0. The summed E-state index contributed by atoms with van der Waals surface area (Å²) in [4.78, 5) is 28.8. The first-order chi connectivity index (χ1) is 9.52. The second-order valence-electron chi connectivity index (χ2n) is 4.95. The number of esters is 1. The van der Waals surface area contributed by atoms with E-state index in [0.717, 1.165) is 0 Å². The summed E-state index contributed by atoms with van der Waals surface area (Å²) in [5.74, 6) is -0.776. The molecule has 0 bridgehead atoms. The Labute approximate surface area is 117 Å². The minimum atomic E-state index is -0.775. The van der Waals surface area contributed by atoms with Gasteiger partial charge in [-0.3, -0.25) is 4.79 Å². The molecule has 0 aromatic carbocycles. The van der Waals surface area contributed by atoms with Crippen molar-refractivity contribution in [2.45, 2.75) is 13.8 Å². The molecule has 2 rings (SSSR count). The molecule has 1 N–H and O–H groups in total. The van der Waals surface area contributed by atoms with Crippen LogP contribution in [0, 0.1) is 11.8 Å². The van der Waals surface area contributed by atoms with E-state index in [1.807, 2.05) is 11.8 Å². The van der Waals surface area contributed by atoms with Crippen molar-refractivity contribution >= 4 is 17.8 Å². The Morgan fingerprint density at radius 1 is 1.45 bits per heavy atom. The van der Waals surface area contributed by atoms with Gasteiger partial charge in [-0.05, 0) is 25.0 Å². The van der Waals surface area contributed by atoms with E-state index in [-0.39, 0.29) is 11.8 Å². The standard InChI is InChI=1S/C14H18N2O4/c1-3-20-14(19)10-4-5-12(15-6-10)16-7-9(2)11(8-16)13(17)18/h4-6,9,11H,3,7-8H2,1-2H3,(H,17,18). The molecule has 108 valence electrons. The number of rotatable bonds is 4. The van der Waals surface area contributed by atoms with Gasteiger partial charge in [0.05, 0.1) is 18.1 Å². The van der Waals surface area contributed by atoms with Crippen molar-refractivity contribution in [1.82, 2.24) is 4.98 Å². The lowest BCUT2D eigenvalue weighted by molar-refractivity contribution is -0.142. The summed E-state index contributed by atoms with van der Waals surface area (Å²) in [6.45, 7) is 5.10. The van der Waals surface area contributed by atoms with Crippen molar-refractivity contribution in [3.05, 3.63) is 23.9 Å². The summed E-state index contributed by atoms with van der Waals surface area (Å²) in [5.41, 5.74) is 0.401. The molecular formula is C14H18N2O4. The third-order valence-electron chi connectivity index (χ3n) is 3.51. The Hall–Kier alpha value is -2.11. The van der Waals surface area contributed by atoms with E-state index in [1.165, 1.54) is 6.20 Å². The maximum atomic E-state index is 11.5. The summed E-state index contributed by atoms with van der Waals surface area (Å²) in [6.07, 6.45) is 1.46. The fraction of sp³-hybridized carbons (Fsp3) is 0.500. The average Bonchev–Trinajstić information content (AvgIpc) is 2.81. The maximum Gasteiger partial charge on any atom is 0.339 e. The molecule has 6 nitrogen and oxygen atoms in total. The molecule has 0 spiro atoms. The summed E-state index contributed by atoms with van der Waals surface area (Å²) in [5, 5.41) is 9.12. The molecule has 1 aliphatic heterocycles. The number of aliphatic carboxylic acids is 1. The largest absolute Gasteiger partial charge is 0.481 e. The topological polar surface area (TPSA) is 79.7 Å². The molecule has 1 saturated heterocycles. The zero-order valence-electron chi connectivity index (χ0n) is 11.6. The lowest BCUT2D eigenvalue weighted by Crippen LogP contribution is -2.23. The highest BCUT2D eigenvalue weighted by atomic mass is 16.5. The first kappa shape index (κ1) is 14.3. The van der Waals surface area contributed by atoms with Gasteiger partial charge in [-0.15, -0.1) is 0 Å². The van der Waals surface area contributed by atoms with Crippen LogP contribution in [0.15, 0.2) is 18.3 Å². The highest BCUT2D eigenvalue weighted by Gasteiger charge is 2.35. The number of carboxylic acids is 1. The molecule has 2 atom stereocenters. The number of carbonyl (C=O) groups excluding carboxylic acids is 1. The van der Waals surface area contributed by atoms with E-state index in [4.69, 9.17) is 9.84 Å². The number of carboxylic acid groups (broad SMARTS) is 1. The minimum absolute atomic E-state index is 0.0824. The fourth-order valence-corrected chi connectivity index (χ4v) is 2.38. The third-order valence-corrected chi connectivity index (χ3v) is 3.51. The number of anilines is 1. The number of aromatic nitrogens is 1. The van der Waals surface area contributed by atoms with Crippen LogP contribution >= 0.6 is 0 Å². The van der Waals surface area contributed by atoms with Crippen LogP contribution in [0.1, 0.15) is 24.2 Å². The van der Waals surface area contributed by atoms with Crippen molar-refractivity contribution in [2.75, 3.05) is 24.6 Å². The Morgan fingerprint density at radius 2 is 2.20 bits per heavy atom. The smallest absolute Gasteiger partial charge is 0.339 e. The number of hydrogen-bond donors (Lipinski definition) is 1. The predicted molar refractivity (Wildman–Crippen MR) is 72.7 cm³/mol. The first-order valence-electron chi connectivity index (χ1n) is 6.63. The fourth-order valence-electron chi connectivity index (χ4n) is 2.38. The molecule has 2 heterocycles. The number of pyridine rings is 1. The van der Waals surface area contributed by atoms with Gasteiger partial charge < -0.3 is 14.7 Å². The highest BCUT2D eigenvalue weighted by molar-refractivity contribution is 5.89. The second kappa shape index (κ2) is 5.90. The molecule has 0 aliphatic carbocycles. The number of carbonyl (C=O) groups is 2. The molecule has 0 radical (unpaired) electrons. The van der Waals surface area contributed by atoms with Gasteiger partial charge in [0.15, 0.2) is 0 Å². The Morgan fingerprint density at radius 3 is 2.70 bits per heavy atom. The van der Waals surface area contributed by atoms with Gasteiger partial charge in [0.1, 0.15) is 5.82 Å². The summed E-state index contributed by atoms with van der Waals surface area (Å²) >= 11 is 0. The van der Waals surface area contributed by atoms with Crippen molar-refractivity contribution in [3.8, 4) is 0 Å². The third kappa shape index (κ3) is 2.89. The normalized spacial score (nSPS) is 21.8. The van der Waals surface area contributed by atoms with E-state index in [9.17, 15) is 9.59 Å². The highest BCUT2D eigenvalue weighted by Crippen LogP contribution is 2.27. The van der Waals surface area contributed by atoms with E-state index >= 15 is 0 Å². The molecule has 1 aromatic rings. The molecule has 1 aliphatic rings. The van der Waals surface area contributed by atoms with Crippen LogP contribution < -0.4 is 4.90 Å². The Balaban J connectivity index is 2.08. The van der Waals surface area contributed by atoms with Crippen molar-refractivity contribution in [2.24, 2.45) is 11.8 Å². The zero-order chi connectivity index (χ0) is 14.7. The average molecular weight is 278 g/mol. The molecule has 6 heteroatoms. The van der Waals surface area contributed by atoms with Crippen LogP contribution in [0.25, 0.3) is 0 Å². The lowest BCUT2D eigenvalue weighted by atomic mass is 9.99. The van der Waals surface area contributed by atoms with Gasteiger partial charge in [0.2, 0.25) is 0 Å². The van der Waals surface area contributed by atoms with Crippen LogP contribution in [-0.4, -0.2) is 41.7 Å². The van der Waals surface area contributed by atoms with Crippen LogP contribution in [-0.2, 0) is 9.53 Å². The molecule has 1 aromatic heterocycles. The van der Waals surface area contributed by atoms with Crippen molar-refractivity contribution < 1.29 is 19.4 Å². The van der Waals surface area contributed by atoms with Gasteiger partial charge >= 0.3 is 11.9 Å². The van der Waals surface area contributed by atoms with Gasteiger partial charge in [-0.1, -0.05) is 6.92 Å². The van der Waals surface area contributed by atoms with Crippen LogP contribution in [0.4, 0.5) is 5.82 Å². The number of nitrogens with zero attached hydrogens (tertiary/aromatic N) is 2. The first-order valence-corrected chi connectivity index (χ1v) is 6.63. The molecule has 1 fully saturated rings.